The van der Waals surface area contributed by atoms with E-state index in [2.05, 4.69) is 40.7 Å². The lowest BCUT2D eigenvalue weighted by molar-refractivity contribution is 0.140. The number of ether oxygens (including phenoxy) is 4. The lowest BCUT2D eigenvalue weighted by Gasteiger charge is -2.18. The molecule has 1 fully saturated rings. The predicted octanol–water partition coefficient (Wildman–Crippen LogP) is 3.66. The standard InChI is InChI=1S/C23H31N3O4.HI/c1-16-5-7-18(21(11-16)30-19-9-10-29-15-19)14-26-23(24-2)25-13-17-6-8-20(27-3)22(12-17)28-4;/h5-8,11-12,19H,9-10,13-15H2,1-4H3,(H2,24,25,26);1H. The van der Waals surface area contributed by atoms with Gasteiger partial charge in [0.2, 0.25) is 0 Å². The molecule has 0 aliphatic carbocycles. The molecule has 1 unspecified atom stereocenters. The average Bonchev–Trinajstić information content (AvgIpc) is 3.28. The molecule has 2 N–H and O–H groups in total. The number of methoxy groups -OCH3 is 2. The highest BCUT2D eigenvalue weighted by Gasteiger charge is 2.18. The van der Waals surface area contributed by atoms with Gasteiger partial charge in [-0.2, -0.15) is 0 Å². The van der Waals surface area contributed by atoms with Gasteiger partial charge < -0.3 is 29.6 Å². The zero-order valence-corrected chi connectivity index (χ0v) is 20.9. The Bertz CT molecular complexity index is 870. The first-order chi connectivity index (χ1) is 14.6. The second kappa shape index (κ2) is 12.6. The number of nitrogens with one attached hydrogen (secondary N) is 2. The van der Waals surface area contributed by atoms with Crippen LogP contribution in [0.25, 0.3) is 0 Å². The van der Waals surface area contributed by atoms with Crippen molar-refractivity contribution in [2.75, 3.05) is 34.5 Å². The zero-order chi connectivity index (χ0) is 21.3. The smallest absolute Gasteiger partial charge is 0.191 e. The molecule has 1 saturated heterocycles. The van der Waals surface area contributed by atoms with E-state index >= 15 is 0 Å². The van der Waals surface area contributed by atoms with Gasteiger partial charge in [0.05, 0.1) is 27.4 Å². The largest absolute Gasteiger partial charge is 0.493 e. The number of rotatable bonds is 8. The van der Waals surface area contributed by atoms with Crippen LogP contribution < -0.4 is 24.8 Å². The molecule has 0 aromatic heterocycles. The maximum atomic E-state index is 6.18. The van der Waals surface area contributed by atoms with E-state index in [1.54, 1.807) is 21.3 Å². The zero-order valence-electron chi connectivity index (χ0n) is 18.6. The minimum absolute atomic E-state index is 0. The minimum atomic E-state index is 0. The van der Waals surface area contributed by atoms with E-state index < -0.39 is 0 Å². The van der Waals surface area contributed by atoms with Gasteiger partial charge in [-0.25, -0.2) is 0 Å². The van der Waals surface area contributed by atoms with E-state index in [1.165, 1.54) is 5.56 Å². The molecule has 0 saturated carbocycles. The van der Waals surface area contributed by atoms with E-state index in [-0.39, 0.29) is 30.1 Å². The van der Waals surface area contributed by atoms with Crippen LogP contribution in [0.1, 0.15) is 23.1 Å². The second-order valence-electron chi connectivity index (χ2n) is 7.18. The van der Waals surface area contributed by atoms with E-state index in [0.29, 0.717) is 37.2 Å². The van der Waals surface area contributed by atoms with Crippen LogP contribution in [0.5, 0.6) is 17.2 Å². The molecule has 1 atom stereocenters. The minimum Gasteiger partial charge on any atom is -0.493 e. The molecule has 0 radical (unpaired) electrons. The van der Waals surface area contributed by atoms with Crippen LogP contribution in [0.2, 0.25) is 0 Å². The molecule has 31 heavy (non-hydrogen) atoms. The maximum Gasteiger partial charge on any atom is 0.191 e. The molecule has 8 heteroatoms. The fourth-order valence-electron chi connectivity index (χ4n) is 3.28. The Morgan fingerprint density at radius 1 is 1.03 bits per heavy atom. The SMILES string of the molecule is CN=C(NCc1ccc(OC)c(OC)c1)NCc1ccc(C)cc1OC1CCOC1.I. The molecule has 170 valence electrons. The van der Waals surface area contributed by atoms with E-state index in [4.69, 9.17) is 18.9 Å². The van der Waals surface area contributed by atoms with Crippen LogP contribution >= 0.6 is 24.0 Å². The van der Waals surface area contributed by atoms with Crippen molar-refractivity contribution in [3.05, 3.63) is 53.1 Å². The number of benzene rings is 2. The van der Waals surface area contributed by atoms with Crippen molar-refractivity contribution in [3.63, 3.8) is 0 Å². The van der Waals surface area contributed by atoms with Crippen molar-refractivity contribution < 1.29 is 18.9 Å². The Labute approximate surface area is 201 Å². The van der Waals surface area contributed by atoms with Crippen LogP contribution in [0.4, 0.5) is 0 Å². The summed E-state index contributed by atoms with van der Waals surface area (Å²) in [6, 6.07) is 12.1. The molecule has 3 rings (SSSR count). The number of hydrogen-bond acceptors (Lipinski definition) is 5. The summed E-state index contributed by atoms with van der Waals surface area (Å²) in [7, 11) is 5.02. The Morgan fingerprint density at radius 3 is 2.48 bits per heavy atom. The fourth-order valence-corrected chi connectivity index (χ4v) is 3.28. The molecule has 1 aliphatic heterocycles. The summed E-state index contributed by atoms with van der Waals surface area (Å²) in [5, 5.41) is 6.69. The van der Waals surface area contributed by atoms with Gasteiger partial charge in [0.1, 0.15) is 11.9 Å². The van der Waals surface area contributed by atoms with Gasteiger partial charge in [0.15, 0.2) is 17.5 Å². The third-order valence-electron chi connectivity index (χ3n) is 4.98. The molecular formula is C23H32IN3O4. The summed E-state index contributed by atoms with van der Waals surface area (Å²) < 4.78 is 22.3. The number of hydrogen-bond donors (Lipinski definition) is 2. The van der Waals surface area contributed by atoms with E-state index in [0.717, 1.165) is 29.9 Å². The van der Waals surface area contributed by atoms with Crippen molar-refractivity contribution >= 4 is 29.9 Å². The van der Waals surface area contributed by atoms with Gasteiger partial charge in [0.25, 0.3) is 0 Å². The predicted molar refractivity (Wildman–Crippen MR) is 133 cm³/mol. The topological polar surface area (TPSA) is 73.3 Å². The van der Waals surface area contributed by atoms with Crippen LogP contribution in [0.3, 0.4) is 0 Å². The van der Waals surface area contributed by atoms with Gasteiger partial charge in [-0.15, -0.1) is 24.0 Å². The third kappa shape index (κ3) is 7.17. The van der Waals surface area contributed by atoms with Crippen molar-refractivity contribution in [1.82, 2.24) is 10.6 Å². The third-order valence-corrected chi connectivity index (χ3v) is 4.98. The van der Waals surface area contributed by atoms with Crippen molar-refractivity contribution in [3.8, 4) is 17.2 Å². The Kier molecular flexibility index (Phi) is 10.2. The number of guanidine groups is 1. The van der Waals surface area contributed by atoms with E-state index in [1.807, 2.05) is 18.2 Å². The summed E-state index contributed by atoms with van der Waals surface area (Å²) in [5.74, 6) is 3.02. The Morgan fingerprint density at radius 2 is 1.81 bits per heavy atom. The monoisotopic (exact) mass is 541 g/mol. The second-order valence-corrected chi connectivity index (χ2v) is 7.18. The lowest BCUT2D eigenvalue weighted by atomic mass is 10.1. The summed E-state index contributed by atoms with van der Waals surface area (Å²) in [5.41, 5.74) is 3.32. The van der Waals surface area contributed by atoms with Crippen LogP contribution in [0, 0.1) is 6.92 Å². The van der Waals surface area contributed by atoms with Crippen LogP contribution in [-0.4, -0.2) is 46.5 Å². The van der Waals surface area contributed by atoms with Gasteiger partial charge in [0, 0.05) is 32.1 Å². The van der Waals surface area contributed by atoms with Gasteiger partial charge in [-0.1, -0.05) is 18.2 Å². The molecule has 7 nitrogen and oxygen atoms in total. The summed E-state index contributed by atoms with van der Waals surface area (Å²) >= 11 is 0. The highest BCUT2D eigenvalue weighted by Crippen LogP contribution is 2.27. The molecule has 1 heterocycles. The number of nitrogens with zero attached hydrogens (tertiary/aromatic N) is 1. The summed E-state index contributed by atoms with van der Waals surface area (Å²) in [4.78, 5) is 4.32. The quantitative estimate of drug-likeness (QED) is 0.302. The maximum absolute atomic E-state index is 6.18. The lowest BCUT2D eigenvalue weighted by Crippen LogP contribution is -2.36. The summed E-state index contributed by atoms with van der Waals surface area (Å²) in [6.07, 6.45) is 1.04. The first-order valence-corrected chi connectivity index (χ1v) is 10.1. The molecule has 0 spiro atoms. The van der Waals surface area contributed by atoms with Crippen molar-refractivity contribution in [2.45, 2.75) is 32.5 Å². The first-order valence-electron chi connectivity index (χ1n) is 10.1. The van der Waals surface area contributed by atoms with Gasteiger partial charge in [-0.3, -0.25) is 4.99 Å². The molecule has 2 aromatic rings. The molecule has 2 aromatic carbocycles. The highest BCUT2D eigenvalue weighted by molar-refractivity contribution is 14.0. The Hall–Kier alpha value is -2.20. The summed E-state index contributed by atoms with van der Waals surface area (Å²) in [6.45, 7) is 4.69. The number of aliphatic imine (C=N–C) groups is 1. The molecule has 1 aliphatic rings. The van der Waals surface area contributed by atoms with Gasteiger partial charge in [-0.05, 0) is 36.2 Å². The first kappa shape index (κ1) is 25.1. The van der Waals surface area contributed by atoms with Crippen LogP contribution in [0.15, 0.2) is 41.4 Å². The Balaban J connectivity index is 0.00000341. The van der Waals surface area contributed by atoms with Crippen LogP contribution in [-0.2, 0) is 17.8 Å². The highest BCUT2D eigenvalue weighted by atomic mass is 127. The number of halogens is 1. The average molecular weight is 541 g/mol. The van der Waals surface area contributed by atoms with E-state index in [9.17, 15) is 0 Å². The van der Waals surface area contributed by atoms with Crippen molar-refractivity contribution in [1.29, 1.82) is 0 Å². The van der Waals surface area contributed by atoms with Crippen molar-refractivity contribution in [2.24, 2.45) is 4.99 Å². The van der Waals surface area contributed by atoms with Gasteiger partial charge >= 0.3 is 0 Å². The molecule has 0 amide bonds. The normalized spacial score (nSPS) is 15.7. The fraction of sp³-hybridized carbons (Fsp3) is 0.435. The number of aryl methyl sites for hydroxylation is 1. The molecule has 0 bridgehead atoms. The molecular weight excluding hydrogens is 509 g/mol.